The monoisotopic (exact) mass is 654 g/mol. The van der Waals surface area contributed by atoms with Gasteiger partial charge in [-0.25, -0.2) is 9.97 Å². The van der Waals surface area contributed by atoms with Crippen LogP contribution in [0.1, 0.15) is 11.3 Å². The lowest BCUT2D eigenvalue weighted by atomic mass is 9.98. The number of aromatic nitrogens is 3. The van der Waals surface area contributed by atoms with Gasteiger partial charge in [0.15, 0.2) is 0 Å². The van der Waals surface area contributed by atoms with Crippen LogP contribution >= 0.6 is 22.6 Å². The predicted octanol–water partition coefficient (Wildman–Crippen LogP) is 9.44. The molecule has 0 saturated heterocycles. The minimum atomic E-state index is 0.816. The second kappa shape index (κ2) is 11.3. The molecular weight excluding hydrogens is 627 g/mol. The summed E-state index contributed by atoms with van der Waals surface area (Å²) in [6, 6.07) is 44.3. The molecule has 0 aliphatic rings. The standard InChI is InChI=1S/C37H27IN4/c38-24-31-30-12-3-4-16-35(30)42(36(31)20-21-39)37-17-7-15-34(41-37)33-14-6-13-32(40-33)29-11-5-10-27(23-29)28-19-18-25-8-1-2-9-26(25)22-28/h1-23H,24,39H2/b21-20-. The van der Waals surface area contributed by atoms with Crippen molar-refractivity contribution in [1.29, 1.82) is 0 Å². The number of hydrogen-bond donors (Lipinski definition) is 1. The summed E-state index contributed by atoms with van der Waals surface area (Å²) in [7, 11) is 0. The third kappa shape index (κ3) is 4.76. The Labute approximate surface area is 258 Å². The van der Waals surface area contributed by atoms with Crippen LogP contribution in [0.5, 0.6) is 0 Å². The molecule has 2 N–H and O–H groups in total. The molecule has 7 rings (SSSR count). The minimum Gasteiger partial charge on any atom is -0.405 e. The van der Waals surface area contributed by atoms with Gasteiger partial charge >= 0.3 is 0 Å². The third-order valence-electron chi connectivity index (χ3n) is 7.62. The van der Waals surface area contributed by atoms with E-state index in [1.54, 1.807) is 6.20 Å². The van der Waals surface area contributed by atoms with Crippen molar-refractivity contribution in [2.24, 2.45) is 5.73 Å². The SMILES string of the molecule is N/C=C\c1c(CI)c2ccccc2n1-c1cccc(-c2cccc(-c3cccc(-c4ccc5ccccc5c4)c3)n2)n1. The van der Waals surface area contributed by atoms with Gasteiger partial charge in [0.1, 0.15) is 5.82 Å². The lowest BCUT2D eigenvalue weighted by Crippen LogP contribution is -2.02. The zero-order valence-corrected chi connectivity index (χ0v) is 24.9. The van der Waals surface area contributed by atoms with E-state index < -0.39 is 0 Å². The van der Waals surface area contributed by atoms with E-state index in [2.05, 4.69) is 130 Å². The molecule has 0 spiro atoms. The summed E-state index contributed by atoms with van der Waals surface area (Å²) in [5.74, 6) is 0.832. The Hall–Kier alpha value is -4.75. The Morgan fingerprint density at radius 1 is 0.619 bits per heavy atom. The summed E-state index contributed by atoms with van der Waals surface area (Å²) < 4.78 is 3.06. The lowest BCUT2D eigenvalue weighted by molar-refractivity contribution is 1.02. The molecule has 3 heterocycles. The number of nitrogens with zero attached hydrogens (tertiary/aromatic N) is 3. The number of halogens is 1. The van der Waals surface area contributed by atoms with Crippen LogP contribution in [0.4, 0.5) is 0 Å². The van der Waals surface area contributed by atoms with Gasteiger partial charge in [-0.3, -0.25) is 4.57 Å². The third-order valence-corrected chi connectivity index (χ3v) is 8.39. The molecule has 0 aliphatic heterocycles. The molecular formula is C37H27IN4. The minimum absolute atomic E-state index is 0.816. The number of fused-ring (bicyclic) bond motifs is 2. The first-order valence-electron chi connectivity index (χ1n) is 13.8. The van der Waals surface area contributed by atoms with Crippen molar-refractivity contribution >= 4 is 50.3 Å². The number of pyridine rings is 2. The van der Waals surface area contributed by atoms with Crippen molar-refractivity contribution in [2.45, 2.75) is 4.43 Å². The lowest BCUT2D eigenvalue weighted by Gasteiger charge is -2.11. The molecule has 0 unspecified atom stereocenters. The topological polar surface area (TPSA) is 56.7 Å². The van der Waals surface area contributed by atoms with Gasteiger partial charge < -0.3 is 5.73 Å². The highest BCUT2D eigenvalue weighted by atomic mass is 127. The maximum absolute atomic E-state index is 5.89. The van der Waals surface area contributed by atoms with Crippen LogP contribution in [-0.4, -0.2) is 14.5 Å². The molecule has 0 bridgehead atoms. The highest BCUT2D eigenvalue weighted by Gasteiger charge is 2.17. The summed E-state index contributed by atoms with van der Waals surface area (Å²) in [4.78, 5) is 10.2. The van der Waals surface area contributed by atoms with E-state index in [0.717, 1.165) is 49.7 Å². The maximum Gasteiger partial charge on any atom is 0.138 e. The Morgan fingerprint density at radius 2 is 1.31 bits per heavy atom. The van der Waals surface area contributed by atoms with Crippen LogP contribution in [0.25, 0.3) is 67.3 Å². The zero-order valence-electron chi connectivity index (χ0n) is 22.8. The van der Waals surface area contributed by atoms with E-state index in [0.29, 0.717) is 0 Å². The molecule has 0 aliphatic carbocycles. The van der Waals surface area contributed by atoms with E-state index in [1.165, 1.54) is 27.3 Å². The van der Waals surface area contributed by atoms with Crippen LogP contribution in [0.3, 0.4) is 0 Å². The second-order valence-corrected chi connectivity index (χ2v) is 10.9. The van der Waals surface area contributed by atoms with E-state index >= 15 is 0 Å². The van der Waals surface area contributed by atoms with Gasteiger partial charge in [-0.1, -0.05) is 108 Å². The van der Waals surface area contributed by atoms with Crippen LogP contribution in [0, 0.1) is 0 Å². The summed E-state index contributed by atoms with van der Waals surface area (Å²) in [6.45, 7) is 0. The van der Waals surface area contributed by atoms with E-state index in [4.69, 9.17) is 15.7 Å². The molecule has 7 aromatic rings. The van der Waals surface area contributed by atoms with Gasteiger partial charge in [0.2, 0.25) is 0 Å². The molecule has 0 radical (unpaired) electrons. The quantitative estimate of drug-likeness (QED) is 0.144. The fraction of sp³-hybridized carbons (Fsp3) is 0.0270. The number of benzene rings is 4. The number of para-hydroxylation sites is 1. The summed E-state index contributed by atoms with van der Waals surface area (Å²) >= 11 is 2.42. The fourth-order valence-electron chi connectivity index (χ4n) is 5.64. The van der Waals surface area contributed by atoms with Crippen molar-refractivity contribution < 1.29 is 0 Å². The van der Waals surface area contributed by atoms with Gasteiger partial charge in [-0.2, -0.15) is 0 Å². The van der Waals surface area contributed by atoms with E-state index in [1.807, 2.05) is 30.3 Å². The maximum atomic E-state index is 5.89. The molecule has 0 saturated carbocycles. The highest BCUT2D eigenvalue weighted by molar-refractivity contribution is 14.1. The summed E-state index contributed by atoms with van der Waals surface area (Å²) in [6.07, 6.45) is 3.56. The smallest absolute Gasteiger partial charge is 0.138 e. The first-order valence-corrected chi connectivity index (χ1v) is 15.4. The number of hydrogen-bond acceptors (Lipinski definition) is 3. The van der Waals surface area contributed by atoms with Crippen molar-refractivity contribution in [3.63, 3.8) is 0 Å². The Balaban J connectivity index is 1.28. The predicted molar refractivity (Wildman–Crippen MR) is 184 cm³/mol. The highest BCUT2D eigenvalue weighted by Crippen LogP contribution is 2.33. The molecule has 5 heteroatoms. The number of rotatable bonds is 6. The average Bonchev–Trinajstić information content (AvgIpc) is 3.38. The van der Waals surface area contributed by atoms with Crippen LogP contribution < -0.4 is 5.73 Å². The normalized spacial score (nSPS) is 11.5. The van der Waals surface area contributed by atoms with E-state index in [-0.39, 0.29) is 0 Å². The van der Waals surface area contributed by atoms with Crippen molar-refractivity contribution in [3.05, 3.63) is 145 Å². The van der Waals surface area contributed by atoms with Crippen LogP contribution in [0.2, 0.25) is 0 Å². The fourth-order valence-corrected chi connectivity index (χ4v) is 6.44. The van der Waals surface area contributed by atoms with Gasteiger partial charge in [0.05, 0.1) is 28.3 Å². The van der Waals surface area contributed by atoms with Gasteiger partial charge in [-0.05, 0) is 82.2 Å². The Kier molecular flexibility index (Phi) is 7.01. The molecule has 4 aromatic carbocycles. The van der Waals surface area contributed by atoms with Crippen molar-refractivity contribution in [3.8, 4) is 39.6 Å². The van der Waals surface area contributed by atoms with Crippen molar-refractivity contribution in [2.75, 3.05) is 0 Å². The van der Waals surface area contributed by atoms with Crippen LogP contribution in [0.15, 0.2) is 134 Å². The largest absolute Gasteiger partial charge is 0.405 e. The van der Waals surface area contributed by atoms with Crippen LogP contribution in [-0.2, 0) is 4.43 Å². The summed E-state index contributed by atoms with van der Waals surface area (Å²) in [5, 5.41) is 3.68. The first-order chi connectivity index (χ1) is 20.7. The summed E-state index contributed by atoms with van der Waals surface area (Å²) in [5.41, 5.74) is 15.3. The molecule has 3 aromatic heterocycles. The van der Waals surface area contributed by atoms with Crippen molar-refractivity contribution in [1.82, 2.24) is 14.5 Å². The molecule has 202 valence electrons. The zero-order chi connectivity index (χ0) is 28.5. The molecule has 0 amide bonds. The van der Waals surface area contributed by atoms with E-state index in [9.17, 15) is 0 Å². The number of alkyl halides is 1. The second-order valence-electron chi connectivity index (χ2n) is 10.1. The Bertz CT molecular complexity index is 2110. The molecule has 42 heavy (non-hydrogen) atoms. The molecule has 0 atom stereocenters. The Morgan fingerprint density at radius 3 is 2.17 bits per heavy atom. The first kappa shape index (κ1) is 26.2. The van der Waals surface area contributed by atoms with Gasteiger partial charge in [0, 0.05) is 15.4 Å². The van der Waals surface area contributed by atoms with Gasteiger partial charge in [-0.15, -0.1) is 0 Å². The molecule has 0 fully saturated rings. The molecule has 4 nitrogen and oxygen atoms in total. The number of nitrogens with two attached hydrogens (primary N) is 1. The van der Waals surface area contributed by atoms with Gasteiger partial charge in [0.25, 0.3) is 0 Å². The average molecular weight is 655 g/mol.